The van der Waals surface area contributed by atoms with E-state index in [4.69, 9.17) is 5.73 Å². The first kappa shape index (κ1) is 15.4. The van der Waals surface area contributed by atoms with Crippen molar-refractivity contribution in [1.82, 2.24) is 24.7 Å². The van der Waals surface area contributed by atoms with Gasteiger partial charge in [-0.3, -0.25) is 0 Å². The van der Waals surface area contributed by atoms with Gasteiger partial charge in [-0.2, -0.15) is 4.98 Å². The Hall–Kier alpha value is -2.18. The van der Waals surface area contributed by atoms with Gasteiger partial charge in [-0.1, -0.05) is 13.8 Å². The van der Waals surface area contributed by atoms with Gasteiger partial charge in [-0.25, -0.2) is 4.98 Å². The molecule has 7 nitrogen and oxygen atoms in total. The van der Waals surface area contributed by atoms with Crippen LogP contribution in [0.1, 0.15) is 55.5 Å². The van der Waals surface area contributed by atoms with Crippen LogP contribution in [0.2, 0.25) is 0 Å². The van der Waals surface area contributed by atoms with Crippen LogP contribution in [-0.4, -0.2) is 37.8 Å². The molecular weight excluding hydrogens is 302 g/mol. The normalized spacial score (nSPS) is 17.5. The molecule has 0 atom stereocenters. The second kappa shape index (κ2) is 6.03. The molecule has 2 aromatic heterocycles. The largest absolute Gasteiger partial charge is 0.368 e. The number of anilines is 2. The van der Waals surface area contributed by atoms with Crippen LogP contribution < -0.4 is 10.6 Å². The molecule has 3 heterocycles. The van der Waals surface area contributed by atoms with Gasteiger partial charge in [0.25, 0.3) is 0 Å². The Bertz CT molecular complexity index is 750. The zero-order chi connectivity index (χ0) is 16.7. The molecular formula is C17H25N7. The Morgan fingerprint density at radius 3 is 2.62 bits per heavy atom. The van der Waals surface area contributed by atoms with E-state index in [1.54, 1.807) is 0 Å². The Labute approximate surface area is 142 Å². The van der Waals surface area contributed by atoms with Crippen molar-refractivity contribution in [2.24, 2.45) is 0 Å². The van der Waals surface area contributed by atoms with Crippen LogP contribution in [-0.2, 0) is 25.8 Å². The van der Waals surface area contributed by atoms with Crippen LogP contribution in [0.25, 0.3) is 0 Å². The zero-order valence-corrected chi connectivity index (χ0v) is 14.5. The predicted octanol–water partition coefficient (Wildman–Crippen LogP) is 1.72. The fraction of sp³-hybridized carbons (Fsp3) is 0.647. The summed E-state index contributed by atoms with van der Waals surface area (Å²) in [6.07, 6.45) is 5.38. The lowest BCUT2D eigenvalue weighted by molar-refractivity contribution is 0.612. The van der Waals surface area contributed by atoms with E-state index in [9.17, 15) is 0 Å². The van der Waals surface area contributed by atoms with Crippen LogP contribution in [0.3, 0.4) is 0 Å². The number of fused-ring (bicyclic) bond motifs is 2. The monoisotopic (exact) mass is 327 g/mol. The fourth-order valence-corrected chi connectivity index (χ4v) is 3.84. The highest BCUT2D eigenvalue weighted by atomic mass is 15.3. The van der Waals surface area contributed by atoms with E-state index in [-0.39, 0.29) is 0 Å². The summed E-state index contributed by atoms with van der Waals surface area (Å²) >= 11 is 0. The van der Waals surface area contributed by atoms with Crippen molar-refractivity contribution in [3.05, 3.63) is 22.9 Å². The van der Waals surface area contributed by atoms with E-state index in [0.717, 1.165) is 62.1 Å². The molecule has 1 aliphatic heterocycles. The van der Waals surface area contributed by atoms with Crippen molar-refractivity contribution >= 4 is 11.8 Å². The minimum Gasteiger partial charge on any atom is -0.368 e. The topological polar surface area (TPSA) is 85.8 Å². The van der Waals surface area contributed by atoms with Crippen LogP contribution in [0, 0.1) is 0 Å². The Morgan fingerprint density at radius 1 is 0.958 bits per heavy atom. The number of hydrogen-bond donors (Lipinski definition) is 1. The van der Waals surface area contributed by atoms with Crippen LogP contribution in [0.15, 0.2) is 0 Å². The predicted molar refractivity (Wildman–Crippen MR) is 93.1 cm³/mol. The summed E-state index contributed by atoms with van der Waals surface area (Å²) in [6.45, 7) is 7.05. The van der Waals surface area contributed by atoms with E-state index in [2.05, 4.69) is 43.5 Å². The molecule has 0 unspecified atom stereocenters. The van der Waals surface area contributed by atoms with Crippen molar-refractivity contribution in [3.8, 4) is 0 Å². The Morgan fingerprint density at radius 2 is 1.79 bits per heavy atom. The molecule has 0 spiro atoms. The maximum absolute atomic E-state index is 5.98. The highest BCUT2D eigenvalue weighted by Gasteiger charge is 2.25. The van der Waals surface area contributed by atoms with Crippen molar-refractivity contribution in [2.75, 3.05) is 23.7 Å². The number of aromatic nitrogens is 5. The highest BCUT2D eigenvalue weighted by Crippen LogP contribution is 2.29. The number of nitrogens with zero attached hydrogens (tertiary/aromatic N) is 6. The smallest absolute Gasteiger partial charge is 0.222 e. The molecule has 0 saturated heterocycles. The molecule has 0 bridgehead atoms. The lowest BCUT2D eigenvalue weighted by Gasteiger charge is -2.27. The molecule has 2 aromatic rings. The summed E-state index contributed by atoms with van der Waals surface area (Å²) < 4.78 is 2.28. The van der Waals surface area contributed by atoms with Gasteiger partial charge in [0.05, 0.1) is 5.69 Å². The fourth-order valence-electron chi connectivity index (χ4n) is 3.84. The van der Waals surface area contributed by atoms with Crippen molar-refractivity contribution in [1.29, 1.82) is 0 Å². The molecule has 0 aromatic carbocycles. The SMILES string of the molecule is CC(C)c1nnc2n1CCN(c1nc(N)nc3c1CCCC3)CC2. The molecule has 0 radical (unpaired) electrons. The van der Waals surface area contributed by atoms with E-state index in [1.165, 1.54) is 18.4 Å². The number of rotatable bonds is 2. The summed E-state index contributed by atoms with van der Waals surface area (Å²) in [7, 11) is 0. The summed E-state index contributed by atoms with van der Waals surface area (Å²) in [6, 6.07) is 0. The first-order valence-electron chi connectivity index (χ1n) is 8.95. The number of aryl methyl sites for hydroxylation is 1. The lowest BCUT2D eigenvalue weighted by Crippen LogP contribution is -2.30. The van der Waals surface area contributed by atoms with E-state index >= 15 is 0 Å². The second-order valence-corrected chi connectivity index (χ2v) is 7.06. The van der Waals surface area contributed by atoms with Gasteiger partial charge in [0.1, 0.15) is 17.5 Å². The molecule has 7 heteroatoms. The maximum Gasteiger partial charge on any atom is 0.222 e. The van der Waals surface area contributed by atoms with Crippen molar-refractivity contribution in [3.63, 3.8) is 0 Å². The summed E-state index contributed by atoms with van der Waals surface area (Å²) in [5.74, 6) is 3.99. The Kier molecular flexibility index (Phi) is 3.86. The maximum atomic E-state index is 5.98. The minimum absolute atomic E-state index is 0.389. The quantitative estimate of drug-likeness (QED) is 0.904. The molecule has 4 rings (SSSR count). The highest BCUT2D eigenvalue weighted by molar-refractivity contribution is 5.53. The standard InChI is InChI=1S/C17H25N7/c1-11(2)15-22-21-14-7-8-23(9-10-24(14)15)16-12-5-3-4-6-13(12)19-17(18)20-16/h11H,3-10H2,1-2H3,(H2,18,19,20). The van der Waals surface area contributed by atoms with Crippen molar-refractivity contribution < 1.29 is 0 Å². The van der Waals surface area contributed by atoms with Crippen molar-refractivity contribution in [2.45, 2.75) is 58.4 Å². The molecule has 128 valence electrons. The third-order valence-corrected chi connectivity index (χ3v) is 5.05. The third-order valence-electron chi connectivity index (χ3n) is 5.05. The van der Waals surface area contributed by atoms with Crippen LogP contribution >= 0.6 is 0 Å². The number of nitrogens with two attached hydrogens (primary N) is 1. The molecule has 0 fully saturated rings. The minimum atomic E-state index is 0.389. The molecule has 0 amide bonds. The second-order valence-electron chi connectivity index (χ2n) is 7.06. The molecule has 24 heavy (non-hydrogen) atoms. The molecule has 2 aliphatic rings. The molecule has 2 N–H and O–H groups in total. The van der Waals surface area contributed by atoms with E-state index < -0.39 is 0 Å². The summed E-state index contributed by atoms with van der Waals surface area (Å²) in [5.41, 5.74) is 8.43. The third kappa shape index (κ3) is 2.61. The van der Waals surface area contributed by atoms with E-state index in [1.807, 2.05) is 0 Å². The number of nitrogen functional groups attached to an aromatic ring is 1. The zero-order valence-electron chi connectivity index (χ0n) is 14.5. The summed E-state index contributed by atoms with van der Waals surface area (Å²) in [5, 5.41) is 8.77. The lowest BCUT2D eigenvalue weighted by atomic mass is 9.96. The average Bonchev–Trinajstić information content (AvgIpc) is 2.86. The van der Waals surface area contributed by atoms with Gasteiger partial charge >= 0.3 is 0 Å². The van der Waals surface area contributed by atoms with Gasteiger partial charge in [0.2, 0.25) is 5.95 Å². The van der Waals surface area contributed by atoms with Gasteiger partial charge in [-0.05, 0) is 25.7 Å². The molecule has 1 aliphatic carbocycles. The van der Waals surface area contributed by atoms with Crippen LogP contribution in [0.5, 0.6) is 0 Å². The van der Waals surface area contributed by atoms with Gasteiger partial charge in [0.15, 0.2) is 0 Å². The first-order chi connectivity index (χ1) is 11.6. The molecule has 0 saturated carbocycles. The Balaban J connectivity index is 1.64. The van der Waals surface area contributed by atoms with Gasteiger partial charge < -0.3 is 15.2 Å². The first-order valence-corrected chi connectivity index (χ1v) is 8.95. The van der Waals surface area contributed by atoms with Crippen LogP contribution in [0.4, 0.5) is 11.8 Å². The number of hydrogen-bond acceptors (Lipinski definition) is 6. The van der Waals surface area contributed by atoms with Gasteiger partial charge in [-0.15, -0.1) is 10.2 Å². The van der Waals surface area contributed by atoms with Gasteiger partial charge in [0, 0.05) is 37.5 Å². The summed E-state index contributed by atoms with van der Waals surface area (Å²) in [4.78, 5) is 11.4. The van der Waals surface area contributed by atoms with E-state index in [0.29, 0.717) is 11.9 Å². The average molecular weight is 327 g/mol.